The summed E-state index contributed by atoms with van der Waals surface area (Å²) in [5.41, 5.74) is 0. The normalized spacial score (nSPS) is 17.5. The van der Waals surface area contributed by atoms with Gasteiger partial charge < -0.3 is 4.74 Å². The van der Waals surface area contributed by atoms with Gasteiger partial charge in [0.15, 0.2) is 0 Å². The van der Waals surface area contributed by atoms with E-state index in [9.17, 15) is 0 Å². The number of nitrogens with zero attached hydrogens (tertiary/aromatic N) is 3. The van der Waals surface area contributed by atoms with Crippen LogP contribution in [0.1, 0.15) is 31.5 Å². The van der Waals surface area contributed by atoms with E-state index in [1.807, 2.05) is 11.5 Å². The van der Waals surface area contributed by atoms with Crippen LogP contribution >= 0.6 is 11.6 Å². The summed E-state index contributed by atoms with van der Waals surface area (Å²) in [4.78, 5) is 0. The van der Waals surface area contributed by atoms with Gasteiger partial charge in [0.25, 0.3) is 0 Å². The smallest absolute Gasteiger partial charge is 0.225 e. The first-order valence-corrected chi connectivity index (χ1v) is 5.82. The van der Waals surface area contributed by atoms with E-state index in [0.29, 0.717) is 18.0 Å². The Morgan fingerprint density at radius 1 is 1.40 bits per heavy atom. The van der Waals surface area contributed by atoms with Gasteiger partial charge in [-0.3, -0.25) is 4.57 Å². The van der Waals surface area contributed by atoms with Crippen LogP contribution in [0.2, 0.25) is 5.28 Å². The third-order valence-electron chi connectivity index (χ3n) is 2.86. The minimum Gasteiger partial charge on any atom is -0.376 e. The maximum Gasteiger partial charge on any atom is 0.225 e. The summed E-state index contributed by atoms with van der Waals surface area (Å²) in [6, 6.07) is 0. The van der Waals surface area contributed by atoms with E-state index >= 15 is 0 Å². The molecule has 2 rings (SSSR count). The number of rotatable bonds is 4. The molecule has 0 N–H and O–H groups in total. The molecule has 0 saturated heterocycles. The zero-order chi connectivity index (χ0) is 10.7. The average Bonchev–Trinajstić information content (AvgIpc) is 2.82. The first kappa shape index (κ1) is 10.9. The summed E-state index contributed by atoms with van der Waals surface area (Å²) in [6.07, 6.45) is 5.47. The van der Waals surface area contributed by atoms with Crippen molar-refractivity contribution in [3.8, 4) is 0 Å². The Morgan fingerprint density at radius 2 is 2.13 bits per heavy atom. The number of aryl methyl sites for hydroxylation is 1. The zero-order valence-corrected chi connectivity index (χ0v) is 9.70. The molecule has 0 atom stereocenters. The van der Waals surface area contributed by atoms with Crippen LogP contribution in [0, 0.1) is 6.92 Å². The van der Waals surface area contributed by atoms with Gasteiger partial charge in [0, 0.05) is 0 Å². The second kappa shape index (κ2) is 4.94. The Hall–Kier alpha value is -0.610. The monoisotopic (exact) mass is 229 g/mol. The number of hydrogen-bond donors (Lipinski definition) is 0. The van der Waals surface area contributed by atoms with Crippen LogP contribution in [-0.4, -0.2) is 27.5 Å². The van der Waals surface area contributed by atoms with Gasteiger partial charge in [-0.2, -0.15) is 0 Å². The van der Waals surface area contributed by atoms with Crippen molar-refractivity contribution >= 4 is 11.6 Å². The molecule has 0 radical (unpaired) electrons. The van der Waals surface area contributed by atoms with Crippen LogP contribution in [0.25, 0.3) is 0 Å². The third-order valence-corrected chi connectivity index (χ3v) is 3.14. The van der Waals surface area contributed by atoms with Gasteiger partial charge >= 0.3 is 0 Å². The third kappa shape index (κ3) is 2.69. The van der Waals surface area contributed by atoms with E-state index in [2.05, 4.69) is 10.2 Å². The number of ether oxygens (including phenoxy) is 1. The second-order valence-corrected chi connectivity index (χ2v) is 4.28. The molecule has 0 unspecified atom stereocenters. The van der Waals surface area contributed by atoms with E-state index in [1.165, 1.54) is 25.7 Å². The van der Waals surface area contributed by atoms with Gasteiger partial charge in [0.05, 0.1) is 19.3 Å². The van der Waals surface area contributed by atoms with Gasteiger partial charge in [-0.15, -0.1) is 10.2 Å². The Bertz CT molecular complexity index is 301. The van der Waals surface area contributed by atoms with Crippen molar-refractivity contribution < 1.29 is 4.74 Å². The Morgan fingerprint density at radius 3 is 2.73 bits per heavy atom. The van der Waals surface area contributed by atoms with E-state index in [4.69, 9.17) is 16.3 Å². The van der Waals surface area contributed by atoms with E-state index in [1.54, 1.807) is 0 Å². The molecule has 5 heteroatoms. The molecule has 0 spiro atoms. The van der Waals surface area contributed by atoms with E-state index < -0.39 is 0 Å². The fraction of sp³-hybridized carbons (Fsp3) is 0.800. The largest absolute Gasteiger partial charge is 0.376 e. The summed E-state index contributed by atoms with van der Waals surface area (Å²) in [7, 11) is 0. The fourth-order valence-corrected chi connectivity index (χ4v) is 2.22. The molecule has 1 aromatic rings. The quantitative estimate of drug-likeness (QED) is 0.795. The van der Waals surface area contributed by atoms with Crippen molar-refractivity contribution in [2.45, 2.75) is 45.3 Å². The van der Waals surface area contributed by atoms with E-state index in [-0.39, 0.29) is 0 Å². The average molecular weight is 230 g/mol. The zero-order valence-electron chi connectivity index (χ0n) is 8.95. The number of halogens is 1. The lowest BCUT2D eigenvalue weighted by molar-refractivity contribution is 0.0527. The molecule has 84 valence electrons. The van der Waals surface area contributed by atoms with Crippen molar-refractivity contribution in [1.82, 2.24) is 14.8 Å². The van der Waals surface area contributed by atoms with Crippen LogP contribution in [0.4, 0.5) is 0 Å². The number of aromatic nitrogens is 3. The number of hydrogen-bond acceptors (Lipinski definition) is 3. The Balaban J connectivity index is 1.77. The first-order valence-electron chi connectivity index (χ1n) is 5.44. The van der Waals surface area contributed by atoms with Crippen LogP contribution in [0.15, 0.2) is 0 Å². The molecule has 1 aromatic heterocycles. The predicted molar refractivity (Wildman–Crippen MR) is 58.0 cm³/mol. The Kier molecular flexibility index (Phi) is 3.59. The lowest BCUT2D eigenvalue weighted by atomic mass is 10.3. The Labute approximate surface area is 94.6 Å². The SMILES string of the molecule is Cc1nnc(Cl)n1CCOC1CCCC1. The molecule has 1 saturated carbocycles. The van der Waals surface area contributed by atoms with Crippen LogP contribution in [0.3, 0.4) is 0 Å². The summed E-state index contributed by atoms with van der Waals surface area (Å²) < 4.78 is 7.62. The topological polar surface area (TPSA) is 39.9 Å². The van der Waals surface area contributed by atoms with Crippen molar-refractivity contribution in [2.24, 2.45) is 0 Å². The molecule has 1 aliphatic carbocycles. The molecule has 0 aliphatic heterocycles. The lowest BCUT2D eigenvalue weighted by Crippen LogP contribution is -2.14. The predicted octanol–water partition coefficient (Wildman–Crippen LogP) is 2.20. The molecule has 1 heterocycles. The lowest BCUT2D eigenvalue weighted by Gasteiger charge is -2.11. The van der Waals surface area contributed by atoms with E-state index in [0.717, 1.165) is 12.4 Å². The summed E-state index contributed by atoms with van der Waals surface area (Å²) in [5.74, 6) is 0.843. The van der Waals surface area contributed by atoms with Gasteiger partial charge in [-0.1, -0.05) is 12.8 Å². The molecule has 0 aromatic carbocycles. The summed E-state index contributed by atoms with van der Waals surface area (Å²) in [5, 5.41) is 8.13. The molecule has 4 nitrogen and oxygen atoms in total. The fourth-order valence-electron chi connectivity index (χ4n) is 1.97. The molecule has 0 bridgehead atoms. The highest BCUT2D eigenvalue weighted by atomic mass is 35.5. The minimum atomic E-state index is 0.447. The van der Waals surface area contributed by atoms with Gasteiger partial charge in [-0.05, 0) is 31.4 Å². The van der Waals surface area contributed by atoms with Gasteiger partial charge in [0.1, 0.15) is 5.82 Å². The molecule has 1 aliphatic rings. The second-order valence-electron chi connectivity index (χ2n) is 3.95. The van der Waals surface area contributed by atoms with Gasteiger partial charge in [0.2, 0.25) is 5.28 Å². The molecule has 0 amide bonds. The molecule has 15 heavy (non-hydrogen) atoms. The summed E-state index contributed by atoms with van der Waals surface area (Å²) >= 11 is 5.87. The highest BCUT2D eigenvalue weighted by Gasteiger charge is 2.15. The summed E-state index contributed by atoms with van der Waals surface area (Å²) in [6.45, 7) is 3.34. The van der Waals surface area contributed by atoms with Crippen LogP contribution in [0.5, 0.6) is 0 Å². The van der Waals surface area contributed by atoms with Crippen LogP contribution < -0.4 is 0 Å². The maximum atomic E-state index is 5.87. The molecule has 1 fully saturated rings. The van der Waals surface area contributed by atoms with Crippen molar-refractivity contribution in [1.29, 1.82) is 0 Å². The highest BCUT2D eigenvalue weighted by molar-refractivity contribution is 6.28. The van der Waals surface area contributed by atoms with Crippen molar-refractivity contribution in [3.63, 3.8) is 0 Å². The van der Waals surface area contributed by atoms with Gasteiger partial charge in [-0.25, -0.2) is 0 Å². The minimum absolute atomic E-state index is 0.447. The standard InChI is InChI=1S/C10H16ClN3O/c1-8-12-13-10(11)14(8)6-7-15-9-4-2-3-5-9/h9H,2-7H2,1H3. The maximum absolute atomic E-state index is 5.87. The highest BCUT2D eigenvalue weighted by Crippen LogP contribution is 2.20. The van der Waals surface area contributed by atoms with Crippen molar-refractivity contribution in [3.05, 3.63) is 11.1 Å². The van der Waals surface area contributed by atoms with Crippen LogP contribution in [-0.2, 0) is 11.3 Å². The molecular weight excluding hydrogens is 214 g/mol. The molecular formula is C10H16ClN3O. The first-order chi connectivity index (χ1) is 7.27. The van der Waals surface area contributed by atoms with Crippen molar-refractivity contribution in [2.75, 3.05) is 6.61 Å².